The Bertz CT molecular complexity index is 985. The van der Waals surface area contributed by atoms with Crippen molar-refractivity contribution in [3.05, 3.63) is 43.8 Å². The molecule has 10 heteroatoms. The molecule has 0 saturated carbocycles. The summed E-state index contributed by atoms with van der Waals surface area (Å²) in [5.74, 6) is -1.09. The predicted octanol–water partition coefficient (Wildman–Crippen LogP) is 1.24. The van der Waals surface area contributed by atoms with E-state index in [2.05, 4.69) is 12.0 Å². The number of likely N-dealkylation sites (N-methyl/N-ethyl adjacent to an activating group) is 1. The monoisotopic (exact) mass is 419 g/mol. The van der Waals surface area contributed by atoms with Crippen molar-refractivity contribution >= 4 is 34.2 Å². The fourth-order valence-corrected chi connectivity index (χ4v) is 4.49. The largest absolute Gasteiger partial charge is 0.870 e. The minimum atomic E-state index is -0.605. The number of methoxy groups -OCH3 is 1. The van der Waals surface area contributed by atoms with E-state index in [-0.39, 0.29) is 23.6 Å². The van der Waals surface area contributed by atoms with Gasteiger partial charge in [-0.05, 0) is 18.1 Å². The molecule has 29 heavy (non-hydrogen) atoms. The van der Waals surface area contributed by atoms with Gasteiger partial charge >= 0.3 is 5.97 Å². The lowest BCUT2D eigenvalue weighted by atomic mass is 10.0. The molecule has 154 valence electrons. The van der Waals surface area contributed by atoms with Crippen LogP contribution < -0.4 is 14.7 Å². The molecule has 1 N–H and O–H groups in total. The number of nitro benzene ring substituents is 1. The Labute approximate surface area is 171 Å². The van der Waals surface area contributed by atoms with Crippen molar-refractivity contribution in [3.63, 3.8) is 0 Å². The highest BCUT2D eigenvalue weighted by Gasteiger charge is 2.29. The molecular formula is C19H21N3O6S. The van der Waals surface area contributed by atoms with Crippen molar-refractivity contribution in [2.45, 2.75) is 19.9 Å². The SMILES string of the molecule is CCOC(=O)c1c(N=Cc2cc([N+](=O)[O-])cc(OC)c2[O-])sc2c1CC[NH+](C)C2. The Hall–Kier alpha value is -2.98. The van der Waals surface area contributed by atoms with Crippen molar-refractivity contribution in [1.82, 2.24) is 0 Å². The lowest BCUT2D eigenvalue weighted by Gasteiger charge is -2.19. The summed E-state index contributed by atoms with van der Waals surface area (Å²) in [7, 11) is 3.35. The van der Waals surface area contributed by atoms with Gasteiger partial charge in [-0.1, -0.05) is 5.75 Å². The number of hydrogen-bond acceptors (Lipinski definition) is 8. The van der Waals surface area contributed by atoms with Gasteiger partial charge < -0.3 is 19.5 Å². The van der Waals surface area contributed by atoms with Crippen LogP contribution >= 0.6 is 11.3 Å². The number of aliphatic imine (C=N–C) groups is 1. The maximum absolute atomic E-state index is 12.5. The summed E-state index contributed by atoms with van der Waals surface area (Å²) in [5, 5.41) is 24.0. The maximum Gasteiger partial charge on any atom is 0.341 e. The lowest BCUT2D eigenvalue weighted by Crippen LogP contribution is -3.08. The third-order valence-electron chi connectivity index (χ3n) is 4.64. The van der Waals surface area contributed by atoms with Crippen LogP contribution in [0, 0.1) is 10.1 Å². The first-order valence-corrected chi connectivity index (χ1v) is 9.87. The van der Waals surface area contributed by atoms with E-state index in [1.54, 1.807) is 6.92 Å². The maximum atomic E-state index is 12.5. The van der Waals surface area contributed by atoms with Crippen LogP contribution in [0.4, 0.5) is 10.7 Å². The minimum Gasteiger partial charge on any atom is -0.870 e. The fraction of sp³-hybridized carbons (Fsp3) is 0.368. The molecule has 0 spiro atoms. The Morgan fingerprint density at radius 3 is 2.86 bits per heavy atom. The number of quaternary nitrogens is 1. The second-order valence-electron chi connectivity index (χ2n) is 6.62. The average molecular weight is 419 g/mol. The van der Waals surface area contributed by atoms with E-state index >= 15 is 0 Å². The van der Waals surface area contributed by atoms with E-state index in [9.17, 15) is 20.0 Å². The molecule has 1 unspecified atom stereocenters. The molecule has 9 nitrogen and oxygen atoms in total. The summed E-state index contributed by atoms with van der Waals surface area (Å²) >= 11 is 1.38. The van der Waals surface area contributed by atoms with Crippen molar-refractivity contribution in [2.24, 2.45) is 4.99 Å². The first kappa shape index (κ1) is 20.7. The highest BCUT2D eigenvalue weighted by molar-refractivity contribution is 7.16. The molecule has 0 radical (unpaired) electrons. The van der Waals surface area contributed by atoms with Crippen LogP contribution in [-0.4, -0.2) is 44.4 Å². The summed E-state index contributed by atoms with van der Waals surface area (Å²) in [5.41, 5.74) is 1.09. The van der Waals surface area contributed by atoms with Gasteiger partial charge in [-0.2, -0.15) is 0 Å². The third-order valence-corrected chi connectivity index (χ3v) is 5.78. The summed E-state index contributed by atoms with van der Waals surface area (Å²) < 4.78 is 10.1. The van der Waals surface area contributed by atoms with Crippen molar-refractivity contribution in [3.8, 4) is 11.5 Å². The fourth-order valence-electron chi connectivity index (χ4n) is 3.20. The quantitative estimate of drug-likeness (QED) is 0.326. The molecule has 1 atom stereocenters. The average Bonchev–Trinajstić information content (AvgIpc) is 3.04. The highest BCUT2D eigenvalue weighted by atomic mass is 32.1. The van der Waals surface area contributed by atoms with Crippen molar-refractivity contribution in [2.75, 3.05) is 27.3 Å². The molecular weight excluding hydrogens is 398 g/mol. The zero-order chi connectivity index (χ0) is 21.1. The zero-order valence-electron chi connectivity index (χ0n) is 16.3. The van der Waals surface area contributed by atoms with Crippen LogP contribution in [0.25, 0.3) is 0 Å². The Morgan fingerprint density at radius 2 is 2.21 bits per heavy atom. The van der Waals surface area contributed by atoms with Gasteiger partial charge in [0.05, 0.1) is 43.2 Å². The van der Waals surface area contributed by atoms with Crippen LogP contribution in [0.2, 0.25) is 0 Å². The standard InChI is InChI=1S/C19H21N3O6S/c1-4-28-19(24)16-13-5-6-21(2)10-15(13)29-18(16)20-9-11-7-12(22(25)26)8-14(27-3)17(11)23/h7-9,23H,4-6,10H2,1-3H3. The zero-order valence-corrected chi connectivity index (χ0v) is 17.1. The number of nitrogens with one attached hydrogen (secondary N) is 1. The van der Waals surface area contributed by atoms with E-state index in [4.69, 9.17) is 9.47 Å². The number of carbonyl (C=O) groups is 1. The van der Waals surface area contributed by atoms with E-state index in [0.717, 1.165) is 42.1 Å². The number of nitro groups is 1. The van der Waals surface area contributed by atoms with E-state index in [1.165, 1.54) is 29.6 Å². The molecule has 0 bridgehead atoms. The van der Waals surface area contributed by atoms with Crippen LogP contribution in [0.5, 0.6) is 11.5 Å². The molecule has 0 fully saturated rings. The number of carbonyl (C=O) groups excluding carboxylic acids is 1. The molecule has 1 aromatic heterocycles. The molecule has 0 aliphatic carbocycles. The normalized spacial score (nSPS) is 15.9. The molecule has 1 aliphatic heterocycles. The number of ether oxygens (including phenoxy) is 2. The molecule has 1 aliphatic rings. The first-order chi connectivity index (χ1) is 13.8. The molecule has 0 saturated heterocycles. The highest BCUT2D eigenvalue weighted by Crippen LogP contribution is 2.38. The first-order valence-electron chi connectivity index (χ1n) is 9.06. The number of esters is 1. The van der Waals surface area contributed by atoms with Gasteiger partial charge in [0.25, 0.3) is 5.69 Å². The smallest absolute Gasteiger partial charge is 0.341 e. The number of thiophene rings is 1. The third kappa shape index (κ3) is 4.22. The summed E-state index contributed by atoms with van der Waals surface area (Å²) in [6, 6.07) is 2.22. The van der Waals surface area contributed by atoms with Crippen molar-refractivity contribution in [1.29, 1.82) is 0 Å². The number of non-ortho nitro benzene ring substituents is 1. The summed E-state index contributed by atoms with van der Waals surface area (Å²) in [4.78, 5) is 29.8. The Kier molecular flexibility index (Phi) is 6.14. The van der Waals surface area contributed by atoms with E-state index in [0.29, 0.717) is 10.6 Å². The second-order valence-corrected chi connectivity index (χ2v) is 7.70. The van der Waals surface area contributed by atoms with E-state index < -0.39 is 16.6 Å². The molecule has 2 aromatic rings. The topological polar surface area (TPSA) is 119 Å². The van der Waals surface area contributed by atoms with Crippen LogP contribution in [0.1, 0.15) is 33.3 Å². The molecule has 0 amide bonds. The number of hydrogen-bond donors (Lipinski definition) is 1. The number of rotatable bonds is 6. The van der Waals surface area contributed by atoms with Gasteiger partial charge in [0.15, 0.2) is 0 Å². The number of benzene rings is 1. The Morgan fingerprint density at radius 1 is 1.45 bits per heavy atom. The van der Waals surface area contributed by atoms with Crippen LogP contribution in [-0.2, 0) is 17.7 Å². The van der Waals surface area contributed by atoms with Gasteiger partial charge in [0.1, 0.15) is 22.9 Å². The molecule has 3 rings (SSSR count). The minimum absolute atomic E-state index is 0.0139. The van der Waals surface area contributed by atoms with Crippen LogP contribution in [0.15, 0.2) is 17.1 Å². The number of nitrogens with zero attached hydrogens (tertiary/aromatic N) is 2. The molecule has 1 aromatic carbocycles. The Balaban J connectivity index is 2.06. The summed E-state index contributed by atoms with van der Waals surface area (Å²) in [6.45, 7) is 3.65. The van der Waals surface area contributed by atoms with Crippen molar-refractivity contribution < 1.29 is 29.2 Å². The summed E-state index contributed by atoms with van der Waals surface area (Å²) in [6.07, 6.45) is 1.98. The molecule has 2 heterocycles. The number of fused-ring (bicyclic) bond motifs is 1. The van der Waals surface area contributed by atoms with Gasteiger partial charge in [-0.25, -0.2) is 9.79 Å². The van der Waals surface area contributed by atoms with Gasteiger partial charge in [0.2, 0.25) is 0 Å². The second kappa shape index (κ2) is 8.58. The van der Waals surface area contributed by atoms with Gasteiger partial charge in [-0.15, -0.1) is 11.3 Å². The van der Waals surface area contributed by atoms with E-state index in [1.807, 2.05) is 0 Å². The van der Waals surface area contributed by atoms with Crippen LogP contribution in [0.3, 0.4) is 0 Å². The van der Waals surface area contributed by atoms with Gasteiger partial charge in [0, 0.05) is 18.7 Å². The predicted molar refractivity (Wildman–Crippen MR) is 106 cm³/mol. The van der Waals surface area contributed by atoms with Gasteiger partial charge in [-0.3, -0.25) is 10.1 Å². The lowest BCUT2D eigenvalue weighted by molar-refractivity contribution is -0.895.